The monoisotopic (exact) mass is 414 g/mol. The summed E-state index contributed by atoms with van der Waals surface area (Å²) in [6.45, 7) is 0.561. The molecule has 3 heterocycles. The molecule has 1 N–H and O–H groups in total. The van der Waals surface area contributed by atoms with Crippen molar-refractivity contribution >= 4 is 39.2 Å². The van der Waals surface area contributed by atoms with E-state index in [0.29, 0.717) is 30.3 Å². The lowest BCUT2D eigenvalue weighted by atomic mass is 10.2. The van der Waals surface area contributed by atoms with Crippen LogP contribution in [0.4, 0.5) is 0 Å². The van der Waals surface area contributed by atoms with Crippen LogP contribution in [0.15, 0.2) is 29.3 Å². The summed E-state index contributed by atoms with van der Waals surface area (Å²) in [6.07, 6.45) is 7.15. The van der Waals surface area contributed by atoms with Crippen molar-refractivity contribution in [1.29, 1.82) is 0 Å². The molecule has 0 bridgehead atoms. The second-order valence-corrected chi connectivity index (χ2v) is 9.15. The summed E-state index contributed by atoms with van der Waals surface area (Å²) in [4.78, 5) is 40.3. The lowest BCUT2D eigenvalue weighted by molar-refractivity contribution is -0.129. The van der Waals surface area contributed by atoms with E-state index in [4.69, 9.17) is 0 Å². The van der Waals surface area contributed by atoms with Crippen molar-refractivity contribution in [2.75, 3.05) is 12.8 Å². The van der Waals surface area contributed by atoms with E-state index in [1.165, 1.54) is 10.4 Å². The van der Waals surface area contributed by atoms with Gasteiger partial charge in [-0.2, -0.15) is 11.8 Å². The molecule has 0 saturated heterocycles. The van der Waals surface area contributed by atoms with Crippen molar-refractivity contribution in [3.8, 4) is 0 Å². The van der Waals surface area contributed by atoms with E-state index in [1.807, 2.05) is 19.2 Å². The topological polar surface area (TPSA) is 79.0 Å². The number of fused-ring (bicyclic) bond motifs is 3. The van der Waals surface area contributed by atoms with Gasteiger partial charge in [-0.15, -0.1) is 11.3 Å². The predicted octanol–water partition coefficient (Wildman–Crippen LogP) is 3.15. The number of nitrogens with one attached hydrogen (secondary N) is 1. The van der Waals surface area contributed by atoms with Gasteiger partial charge in [-0.1, -0.05) is 6.07 Å². The van der Waals surface area contributed by atoms with Crippen LogP contribution >= 0.6 is 23.1 Å². The molecule has 0 aliphatic heterocycles. The maximum absolute atomic E-state index is 12.5. The molecule has 1 aliphatic rings. The third kappa shape index (κ3) is 4.12. The van der Waals surface area contributed by atoms with Crippen molar-refractivity contribution in [1.82, 2.24) is 19.9 Å². The summed E-state index contributed by atoms with van der Waals surface area (Å²) in [5, 5.41) is 0.790. The summed E-state index contributed by atoms with van der Waals surface area (Å²) in [6, 6.07) is 3.83. The number of carbonyl (C=O) groups is 1. The Bertz CT molecular complexity index is 1050. The zero-order valence-corrected chi connectivity index (χ0v) is 17.4. The SMILES string of the molecule is CN(Cc1cccnc1)C(=O)CCSCc1nc2sc3c(c2c(=O)[nH]1)CCC3. The molecule has 0 aromatic carbocycles. The first-order valence-corrected chi connectivity index (χ1v) is 11.3. The molecule has 1 amide bonds. The number of carbonyl (C=O) groups excluding carboxylic acids is 1. The minimum atomic E-state index is -0.0210. The minimum Gasteiger partial charge on any atom is -0.341 e. The van der Waals surface area contributed by atoms with E-state index in [2.05, 4.69) is 15.0 Å². The number of nitrogens with zero attached hydrogens (tertiary/aromatic N) is 3. The average molecular weight is 415 g/mol. The van der Waals surface area contributed by atoms with Crippen LogP contribution in [0.5, 0.6) is 0 Å². The Hall–Kier alpha value is -2.19. The van der Waals surface area contributed by atoms with E-state index in [0.717, 1.165) is 35.0 Å². The molecular weight excluding hydrogens is 392 g/mol. The van der Waals surface area contributed by atoms with Crippen LogP contribution in [0.1, 0.15) is 34.7 Å². The maximum Gasteiger partial charge on any atom is 0.259 e. The molecule has 1 aliphatic carbocycles. The first kappa shape index (κ1) is 19.1. The summed E-state index contributed by atoms with van der Waals surface area (Å²) < 4.78 is 0. The van der Waals surface area contributed by atoms with Crippen LogP contribution < -0.4 is 5.56 Å². The van der Waals surface area contributed by atoms with Crippen molar-refractivity contribution < 1.29 is 4.79 Å². The maximum atomic E-state index is 12.5. The van der Waals surface area contributed by atoms with Crippen LogP contribution in [0.2, 0.25) is 0 Å². The van der Waals surface area contributed by atoms with Gasteiger partial charge in [0.15, 0.2) is 0 Å². The second-order valence-electron chi connectivity index (χ2n) is 6.96. The van der Waals surface area contributed by atoms with Gasteiger partial charge in [0.05, 0.1) is 11.1 Å². The van der Waals surface area contributed by atoms with Crippen LogP contribution in [-0.4, -0.2) is 38.6 Å². The number of thioether (sulfide) groups is 1. The molecule has 0 saturated carbocycles. The largest absolute Gasteiger partial charge is 0.341 e. The first-order valence-electron chi connectivity index (χ1n) is 9.36. The van der Waals surface area contributed by atoms with Gasteiger partial charge in [-0.25, -0.2) is 4.98 Å². The number of H-pyrrole nitrogens is 1. The smallest absolute Gasteiger partial charge is 0.259 e. The van der Waals surface area contributed by atoms with Crippen molar-refractivity contribution in [3.63, 3.8) is 0 Å². The van der Waals surface area contributed by atoms with Gasteiger partial charge in [-0.3, -0.25) is 14.6 Å². The molecule has 0 atom stereocenters. The summed E-state index contributed by atoms with van der Waals surface area (Å²) in [7, 11) is 1.81. The molecule has 28 heavy (non-hydrogen) atoms. The van der Waals surface area contributed by atoms with Gasteiger partial charge in [-0.05, 0) is 36.5 Å². The summed E-state index contributed by atoms with van der Waals surface area (Å²) in [5.41, 5.74) is 2.20. The Morgan fingerprint density at radius 3 is 3.11 bits per heavy atom. The van der Waals surface area contributed by atoms with E-state index < -0.39 is 0 Å². The fourth-order valence-corrected chi connectivity index (χ4v) is 5.56. The average Bonchev–Trinajstić information content (AvgIpc) is 3.26. The van der Waals surface area contributed by atoms with Gasteiger partial charge in [0.2, 0.25) is 5.91 Å². The van der Waals surface area contributed by atoms with Crippen LogP contribution in [0.25, 0.3) is 10.2 Å². The van der Waals surface area contributed by atoms with Gasteiger partial charge in [0.25, 0.3) is 5.56 Å². The number of hydrogen-bond donors (Lipinski definition) is 1. The number of hydrogen-bond acceptors (Lipinski definition) is 6. The fraction of sp³-hybridized carbons (Fsp3) is 0.400. The number of amides is 1. The van der Waals surface area contributed by atoms with Crippen molar-refractivity contribution in [2.45, 2.75) is 38.0 Å². The second kappa shape index (κ2) is 8.45. The van der Waals surface area contributed by atoms with Crippen LogP contribution in [-0.2, 0) is 29.9 Å². The Labute approximate surface area is 171 Å². The Balaban J connectivity index is 1.29. The van der Waals surface area contributed by atoms with Gasteiger partial charge in [0.1, 0.15) is 10.7 Å². The van der Waals surface area contributed by atoms with Gasteiger partial charge < -0.3 is 9.88 Å². The van der Waals surface area contributed by atoms with Gasteiger partial charge in [0, 0.05) is 43.0 Å². The molecule has 0 unspecified atom stereocenters. The molecule has 3 aromatic rings. The number of rotatable bonds is 7. The van der Waals surface area contributed by atoms with Crippen LogP contribution in [0.3, 0.4) is 0 Å². The van der Waals surface area contributed by atoms with Crippen molar-refractivity contribution in [3.05, 3.63) is 56.7 Å². The lowest BCUT2D eigenvalue weighted by Crippen LogP contribution is -2.26. The van der Waals surface area contributed by atoms with E-state index >= 15 is 0 Å². The van der Waals surface area contributed by atoms with Crippen molar-refractivity contribution in [2.24, 2.45) is 0 Å². The highest BCUT2D eigenvalue weighted by Crippen LogP contribution is 2.34. The number of aromatic amines is 1. The highest BCUT2D eigenvalue weighted by atomic mass is 32.2. The standard InChI is InChI=1S/C20H22N4O2S2/c1-24(11-13-4-3-8-21-10-13)17(25)7-9-27-12-16-22-19(26)18-14-5-2-6-15(14)28-20(18)23-16/h3-4,8,10H,2,5-7,9,11-12H2,1H3,(H,22,23,26). The highest BCUT2D eigenvalue weighted by Gasteiger charge is 2.21. The van der Waals surface area contributed by atoms with Crippen LogP contribution in [0, 0.1) is 0 Å². The third-order valence-electron chi connectivity index (χ3n) is 4.89. The number of aromatic nitrogens is 3. The third-order valence-corrected chi connectivity index (χ3v) is 7.05. The zero-order valence-electron chi connectivity index (χ0n) is 15.7. The van der Waals surface area contributed by atoms with E-state index in [-0.39, 0.29) is 11.5 Å². The molecule has 6 nitrogen and oxygen atoms in total. The van der Waals surface area contributed by atoms with E-state index in [1.54, 1.807) is 40.4 Å². The minimum absolute atomic E-state index is 0.0210. The summed E-state index contributed by atoms with van der Waals surface area (Å²) in [5.74, 6) is 2.09. The Morgan fingerprint density at radius 2 is 2.29 bits per heavy atom. The number of thiophene rings is 1. The molecule has 0 fully saturated rings. The fourth-order valence-electron chi connectivity index (χ4n) is 3.49. The molecule has 3 aromatic heterocycles. The van der Waals surface area contributed by atoms with E-state index in [9.17, 15) is 9.59 Å². The van der Waals surface area contributed by atoms with Gasteiger partial charge >= 0.3 is 0 Å². The molecule has 0 radical (unpaired) electrons. The zero-order chi connectivity index (χ0) is 19.5. The molecule has 146 valence electrons. The highest BCUT2D eigenvalue weighted by molar-refractivity contribution is 7.98. The Kier molecular flexibility index (Phi) is 5.77. The normalized spacial score (nSPS) is 13.0. The predicted molar refractivity (Wildman–Crippen MR) is 114 cm³/mol. The quantitative estimate of drug-likeness (QED) is 0.601. The lowest BCUT2D eigenvalue weighted by Gasteiger charge is -2.16. The number of pyridine rings is 1. The number of aryl methyl sites for hydroxylation is 2. The molecule has 0 spiro atoms. The first-order chi connectivity index (χ1) is 13.6. The molecule has 8 heteroatoms. The molecular formula is C20H22N4O2S2. The Morgan fingerprint density at radius 1 is 1.39 bits per heavy atom. The molecule has 4 rings (SSSR count). The summed E-state index contributed by atoms with van der Waals surface area (Å²) >= 11 is 3.28.